The summed E-state index contributed by atoms with van der Waals surface area (Å²) in [6, 6.07) is 57.6. The molecule has 6 aromatic carbocycles. The molecule has 576 valence electrons. The Morgan fingerprint density at radius 3 is 0.781 bits per heavy atom. The van der Waals surface area contributed by atoms with Crippen LogP contribution in [0.4, 0.5) is 0 Å². The summed E-state index contributed by atoms with van der Waals surface area (Å²) in [5.74, 6) is -3.20. The lowest BCUT2D eigenvalue weighted by molar-refractivity contribution is -0.176. The summed E-state index contributed by atoms with van der Waals surface area (Å²) in [4.78, 5) is 77.7. The van der Waals surface area contributed by atoms with E-state index in [0.717, 1.165) is 155 Å². The Kier molecular flexibility index (Phi) is 52.9. The highest BCUT2D eigenvalue weighted by Gasteiger charge is 2.48. The van der Waals surface area contributed by atoms with Crippen molar-refractivity contribution in [3.05, 3.63) is 215 Å². The number of carbonyl (C=O) groups excluding carboxylic acids is 6. The summed E-state index contributed by atoms with van der Waals surface area (Å²) in [6.07, 6.45) is 41.1. The van der Waals surface area contributed by atoms with E-state index in [4.69, 9.17) is 28.4 Å². The van der Waals surface area contributed by atoms with Crippen molar-refractivity contribution < 1.29 is 57.2 Å². The van der Waals surface area contributed by atoms with Gasteiger partial charge in [-0.2, -0.15) is 0 Å². The zero-order valence-electron chi connectivity index (χ0n) is 64.2. The fourth-order valence-electron chi connectivity index (χ4n) is 12.5. The van der Waals surface area contributed by atoms with E-state index in [1.54, 1.807) is 0 Å². The van der Waals surface area contributed by atoms with Crippen molar-refractivity contribution in [2.24, 2.45) is 11.3 Å². The fourth-order valence-corrected chi connectivity index (χ4v) is 12.9. The molecule has 13 heteroatoms. The van der Waals surface area contributed by atoms with E-state index < -0.39 is 35.2 Å². The van der Waals surface area contributed by atoms with E-state index in [1.807, 2.05) is 182 Å². The van der Waals surface area contributed by atoms with Gasteiger partial charge in [0.05, 0.1) is 0 Å². The summed E-state index contributed by atoms with van der Waals surface area (Å²) >= 11 is 3.45. The molecule has 0 unspecified atom stereocenters. The Morgan fingerprint density at radius 2 is 0.505 bits per heavy atom. The van der Waals surface area contributed by atoms with Crippen molar-refractivity contribution in [1.29, 1.82) is 0 Å². The third kappa shape index (κ3) is 45.0. The van der Waals surface area contributed by atoms with Crippen LogP contribution in [0.1, 0.15) is 298 Å². The molecule has 0 bridgehead atoms. The average Bonchev–Trinajstić information content (AvgIpc) is 0.805. The first kappa shape index (κ1) is 90.0. The molecule has 105 heavy (non-hydrogen) atoms. The quantitative estimate of drug-likeness (QED) is 0.0117. The molecule has 0 spiro atoms. The molecule has 0 aromatic heterocycles. The molecule has 0 aliphatic carbocycles. The van der Waals surface area contributed by atoms with Crippen molar-refractivity contribution in [3.63, 3.8) is 0 Å². The lowest BCUT2D eigenvalue weighted by Crippen LogP contribution is -2.42. The molecule has 0 radical (unpaired) electrons. The number of hydrogen-bond donors (Lipinski definition) is 0. The number of benzene rings is 6. The van der Waals surface area contributed by atoms with Crippen LogP contribution in [-0.2, 0) is 96.8 Å². The van der Waals surface area contributed by atoms with E-state index in [2.05, 4.69) is 29.8 Å². The number of carbonyl (C=O) groups is 6. The first-order chi connectivity index (χ1) is 51.6. The summed E-state index contributed by atoms with van der Waals surface area (Å²) in [5.41, 5.74) is 4.23. The van der Waals surface area contributed by atoms with E-state index in [9.17, 15) is 28.8 Å². The minimum absolute atomic E-state index is 0.132. The maximum Gasteiger partial charge on any atom is 0.323 e. The molecule has 0 aliphatic rings. The molecule has 0 heterocycles. The lowest BCUT2D eigenvalue weighted by Gasteiger charge is -2.30. The molecule has 12 nitrogen and oxygen atoms in total. The minimum atomic E-state index is -1.32. The second kappa shape index (κ2) is 61.7. The highest BCUT2D eigenvalue weighted by molar-refractivity contribution is 9.09. The Morgan fingerprint density at radius 1 is 0.276 bits per heavy atom. The number of rotatable bonds is 57. The first-order valence-corrected chi connectivity index (χ1v) is 41.5. The van der Waals surface area contributed by atoms with Crippen LogP contribution in [-0.4, -0.2) is 41.1 Å². The number of hydrogen-bond acceptors (Lipinski definition) is 12. The Labute approximate surface area is 641 Å². The summed E-state index contributed by atoms with van der Waals surface area (Å²) < 4.78 is 33.5. The van der Waals surface area contributed by atoms with Gasteiger partial charge in [0.1, 0.15) is 39.6 Å². The maximum absolute atomic E-state index is 14.0. The van der Waals surface area contributed by atoms with Gasteiger partial charge in [-0.1, -0.05) is 411 Å². The molecular weight excluding hydrogens is 1380 g/mol. The van der Waals surface area contributed by atoms with Gasteiger partial charge in [0.15, 0.2) is 11.3 Å². The summed E-state index contributed by atoms with van der Waals surface area (Å²) in [7, 11) is 0. The van der Waals surface area contributed by atoms with Gasteiger partial charge in [0.25, 0.3) is 0 Å². The van der Waals surface area contributed by atoms with E-state index >= 15 is 0 Å². The van der Waals surface area contributed by atoms with Gasteiger partial charge in [-0.05, 0) is 71.9 Å². The lowest BCUT2D eigenvalue weighted by atomic mass is 9.77. The third-order valence-electron chi connectivity index (χ3n) is 19.0. The summed E-state index contributed by atoms with van der Waals surface area (Å²) in [5, 5.41) is 1.18. The molecule has 0 aliphatic heterocycles. The highest BCUT2D eigenvalue weighted by atomic mass is 79.9. The van der Waals surface area contributed by atoms with Gasteiger partial charge >= 0.3 is 35.8 Å². The first-order valence-electron chi connectivity index (χ1n) is 40.3. The predicted octanol–water partition coefficient (Wildman–Crippen LogP) is 24.7. The van der Waals surface area contributed by atoms with Crippen molar-refractivity contribution in [1.82, 2.24) is 0 Å². The van der Waals surface area contributed by atoms with Gasteiger partial charge in [0.2, 0.25) is 0 Å². The Balaban J connectivity index is 0.000000391. The fraction of sp³-hybridized carbons (Fsp3) is 0.543. The molecule has 0 N–H and O–H groups in total. The minimum Gasteiger partial charge on any atom is -0.461 e. The van der Waals surface area contributed by atoms with Crippen LogP contribution in [0, 0.1) is 11.3 Å². The molecule has 0 amide bonds. The van der Waals surface area contributed by atoms with Crippen LogP contribution in [0.5, 0.6) is 0 Å². The van der Waals surface area contributed by atoms with Crippen LogP contribution in [0.15, 0.2) is 182 Å². The molecule has 0 saturated heterocycles. The molecule has 6 aromatic rings. The Hall–Kier alpha value is -7.38. The monoisotopic (exact) mass is 1500 g/mol. The zero-order chi connectivity index (χ0) is 75.0. The van der Waals surface area contributed by atoms with Crippen molar-refractivity contribution in [2.45, 2.75) is 304 Å². The van der Waals surface area contributed by atoms with Gasteiger partial charge in [0, 0.05) is 18.2 Å². The van der Waals surface area contributed by atoms with Crippen molar-refractivity contribution in [2.75, 3.05) is 5.33 Å². The number of halogens is 1. The zero-order valence-corrected chi connectivity index (χ0v) is 65.8. The van der Waals surface area contributed by atoms with Crippen LogP contribution in [0.3, 0.4) is 0 Å². The number of ether oxygens (including phenoxy) is 6. The van der Waals surface area contributed by atoms with Crippen molar-refractivity contribution in [3.8, 4) is 0 Å². The van der Waals surface area contributed by atoms with Crippen LogP contribution >= 0.6 is 15.9 Å². The van der Waals surface area contributed by atoms with Crippen molar-refractivity contribution >= 4 is 51.7 Å². The smallest absolute Gasteiger partial charge is 0.323 e. The topological polar surface area (TPSA) is 158 Å². The molecular formula is C92H129BrO12. The Bertz CT molecular complexity index is 2970. The van der Waals surface area contributed by atoms with E-state index in [1.165, 1.54) is 102 Å². The second-order valence-corrected chi connectivity index (χ2v) is 28.8. The van der Waals surface area contributed by atoms with Crippen LogP contribution in [0.25, 0.3) is 0 Å². The SMILES string of the molecule is CCCCCCCCCCCBr.CCCCCCCCCCCC(CCCCCCCCCCC(=O)OCc1ccccc1)(C(=O)OCc1ccccc1)C(=O)OCc1ccccc1.O=C(CCCCCCCCCCC(C(=O)OCc1ccccc1)C(=O)OCc1ccccc1)OCc1ccccc1. The number of alkyl halides is 1. The highest BCUT2D eigenvalue weighted by Crippen LogP contribution is 2.37. The number of esters is 6. The number of unbranched alkanes of at least 4 members (excludes halogenated alkanes) is 30. The molecule has 0 fully saturated rings. The third-order valence-corrected chi connectivity index (χ3v) is 19.6. The largest absolute Gasteiger partial charge is 0.461 e. The normalized spacial score (nSPS) is 11.0. The van der Waals surface area contributed by atoms with Gasteiger partial charge in [-0.15, -0.1) is 0 Å². The van der Waals surface area contributed by atoms with Crippen LogP contribution < -0.4 is 0 Å². The average molecular weight is 1510 g/mol. The van der Waals surface area contributed by atoms with Crippen LogP contribution in [0.2, 0.25) is 0 Å². The van der Waals surface area contributed by atoms with Gasteiger partial charge in [-0.3, -0.25) is 28.8 Å². The summed E-state index contributed by atoms with van der Waals surface area (Å²) in [6.45, 7) is 5.70. The van der Waals surface area contributed by atoms with Gasteiger partial charge < -0.3 is 28.4 Å². The van der Waals surface area contributed by atoms with E-state index in [0.29, 0.717) is 45.3 Å². The predicted molar refractivity (Wildman–Crippen MR) is 429 cm³/mol. The maximum atomic E-state index is 14.0. The van der Waals surface area contributed by atoms with Gasteiger partial charge in [-0.25, -0.2) is 0 Å². The molecule has 0 saturated carbocycles. The standard InChI is InChI=1S/C46H64O6.C35H42O6.C11H23Br/c1-2-3-4-5-6-8-11-14-26-35-46(44(48)51-38-41-30-21-17-22-31-41,45(49)52-39-42-32-23-18-24-33-42)36-27-15-12-9-7-10-13-25-34-43(47)50-37-40-28-19-16-20-29-40;36-33(39-26-29-18-10-7-11-19-29)25-17-6-4-2-1-3-5-16-24-32(34(37)40-27-30-20-12-8-13-21-30)35(38)41-28-31-22-14-9-15-23-31;1-2-3-4-5-6-7-8-9-10-11-12/h16-24,28-33H,2-15,25-27,34-39H2,1H3;7-15,18-23,32H,1-6,16-17,24-28H2;2-11H2,1H3. The molecule has 0 atom stereocenters. The van der Waals surface area contributed by atoms with E-state index in [-0.39, 0.29) is 38.4 Å². The second-order valence-electron chi connectivity index (χ2n) is 28.0. The molecule has 6 rings (SSSR count).